The van der Waals surface area contributed by atoms with E-state index in [9.17, 15) is 26.4 Å². The van der Waals surface area contributed by atoms with Crippen molar-refractivity contribution in [1.29, 1.82) is 0 Å². The SMILES string of the molecule is CS(=O)(=O)n1nc(F)c(C(=O)Nc2ccc(F)cc2F)n1. The molecule has 0 aliphatic heterocycles. The van der Waals surface area contributed by atoms with E-state index >= 15 is 0 Å². The number of aromatic nitrogens is 3. The third kappa shape index (κ3) is 3.18. The molecule has 1 aromatic heterocycles. The molecule has 0 fully saturated rings. The van der Waals surface area contributed by atoms with Gasteiger partial charge in [0.2, 0.25) is 5.69 Å². The van der Waals surface area contributed by atoms with Crippen LogP contribution in [0.5, 0.6) is 0 Å². The van der Waals surface area contributed by atoms with Crippen molar-refractivity contribution in [3.63, 3.8) is 0 Å². The first-order valence-corrected chi connectivity index (χ1v) is 7.13. The van der Waals surface area contributed by atoms with Gasteiger partial charge in [0.1, 0.15) is 11.6 Å². The summed E-state index contributed by atoms with van der Waals surface area (Å²) in [5, 5.41) is 8.00. The van der Waals surface area contributed by atoms with Crippen molar-refractivity contribution in [3.05, 3.63) is 41.5 Å². The topological polar surface area (TPSA) is 94.0 Å². The minimum absolute atomic E-state index is 0.0261. The third-order valence-corrected chi connectivity index (χ3v) is 3.00. The van der Waals surface area contributed by atoms with Crippen LogP contribution in [0.3, 0.4) is 0 Å². The third-order valence-electron chi connectivity index (χ3n) is 2.25. The van der Waals surface area contributed by atoms with E-state index in [0.29, 0.717) is 12.3 Å². The van der Waals surface area contributed by atoms with E-state index in [-0.39, 0.29) is 4.20 Å². The predicted molar refractivity (Wildman–Crippen MR) is 64.5 cm³/mol. The van der Waals surface area contributed by atoms with Gasteiger partial charge in [0, 0.05) is 6.07 Å². The number of carbonyl (C=O) groups excluding carboxylic acids is 1. The summed E-state index contributed by atoms with van der Waals surface area (Å²) in [6.45, 7) is 0. The Kier molecular flexibility index (Phi) is 3.68. The van der Waals surface area contributed by atoms with Gasteiger partial charge >= 0.3 is 0 Å². The van der Waals surface area contributed by atoms with Gasteiger partial charge in [-0.15, -0.1) is 10.2 Å². The monoisotopic (exact) mass is 320 g/mol. The molecule has 0 aliphatic rings. The lowest BCUT2D eigenvalue weighted by atomic mass is 10.3. The fourth-order valence-corrected chi connectivity index (χ4v) is 1.78. The van der Waals surface area contributed by atoms with E-state index in [1.165, 1.54) is 0 Å². The molecule has 11 heteroatoms. The van der Waals surface area contributed by atoms with Gasteiger partial charge in [0.25, 0.3) is 21.9 Å². The van der Waals surface area contributed by atoms with Gasteiger partial charge in [-0.05, 0) is 12.1 Å². The summed E-state index contributed by atoms with van der Waals surface area (Å²) in [5.74, 6) is -4.62. The van der Waals surface area contributed by atoms with Crippen LogP contribution in [0.4, 0.5) is 18.9 Å². The molecular formula is C10H7F3N4O3S. The molecule has 1 N–H and O–H groups in total. The fourth-order valence-electron chi connectivity index (χ4n) is 1.33. The number of benzene rings is 1. The molecule has 0 radical (unpaired) electrons. The van der Waals surface area contributed by atoms with Crippen molar-refractivity contribution in [2.75, 3.05) is 11.6 Å². The maximum absolute atomic E-state index is 13.4. The molecule has 0 spiro atoms. The van der Waals surface area contributed by atoms with E-state index in [2.05, 4.69) is 10.2 Å². The number of anilines is 1. The molecule has 112 valence electrons. The van der Waals surface area contributed by atoms with E-state index in [1.807, 2.05) is 5.32 Å². The average molecular weight is 320 g/mol. The van der Waals surface area contributed by atoms with E-state index in [0.717, 1.165) is 12.1 Å². The molecule has 7 nitrogen and oxygen atoms in total. The Labute approximate surface area is 116 Å². The molecule has 0 unspecified atom stereocenters. The molecule has 0 bridgehead atoms. The lowest BCUT2D eigenvalue weighted by Crippen LogP contribution is -2.17. The Hall–Kier alpha value is -2.43. The number of nitrogens with zero attached hydrogens (tertiary/aromatic N) is 3. The zero-order valence-corrected chi connectivity index (χ0v) is 11.2. The molecule has 0 saturated heterocycles. The highest BCUT2D eigenvalue weighted by atomic mass is 32.2. The van der Waals surface area contributed by atoms with Gasteiger partial charge < -0.3 is 5.32 Å². The van der Waals surface area contributed by atoms with Gasteiger partial charge in [-0.25, -0.2) is 17.2 Å². The summed E-state index contributed by atoms with van der Waals surface area (Å²) in [6.07, 6.45) is 0.702. The van der Waals surface area contributed by atoms with Crippen molar-refractivity contribution in [3.8, 4) is 0 Å². The van der Waals surface area contributed by atoms with Gasteiger partial charge in [0.15, 0.2) is 0 Å². The summed E-state index contributed by atoms with van der Waals surface area (Å²) in [5.41, 5.74) is -1.36. The molecule has 0 atom stereocenters. The Morgan fingerprint density at radius 2 is 1.90 bits per heavy atom. The fraction of sp³-hybridized carbons (Fsp3) is 0.100. The number of hydrogen-bond acceptors (Lipinski definition) is 5. The van der Waals surface area contributed by atoms with E-state index in [1.54, 1.807) is 0 Å². The van der Waals surface area contributed by atoms with Crippen LogP contribution < -0.4 is 5.32 Å². The largest absolute Gasteiger partial charge is 0.318 e. The second kappa shape index (κ2) is 5.16. The average Bonchev–Trinajstić information content (AvgIpc) is 2.75. The van der Waals surface area contributed by atoms with Gasteiger partial charge in [-0.2, -0.15) is 4.39 Å². The lowest BCUT2D eigenvalue weighted by molar-refractivity contribution is 0.101. The van der Waals surface area contributed by atoms with Crippen molar-refractivity contribution >= 4 is 21.6 Å². The zero-order chi connectivity index (χ0) is 15.8. The standard InChI is InChI=1S/C10H7F3N4O3S/c1-21(19,20)17-15-8(9(13)16-17)10(18)14-7-3-2-5(11)4-6(7)12/h2-4H,1H3,(H,14,18). The molecule has 0 aliphatic carbocycles. The highest BCUT2D eigenvalue weighted by molar-refractivity contribution is 7.88. The van der Waals surface area contributed by atoms with Crippen LogP contribution in [0.25, 0.3) is 0 Å². The van der Waals surface area contributed by atoms with Crippen LogP contribution in [0.15, 0.2) is 18.2 Å². The van der Waals surface area contributed by atoms with Crippen LogP contribution in [-0.2, 0) is 10.0 Å². The second-order valence-electron chi connectivity index (χ2n) is 3.90. The Balaban J connectivity index is 2.31. The first kappa shape index (κ1) is 15.0. The van der Waals surface area contributed by atoms with Crippen LogP contribution in [0, 0.1) is 17.6 Å². The molecule has 1 aromatic carbocycles. The van der Waals surface area contributed by atoms with Crippen LogP contribution in [-0.4, -0.2) is 35.0 Å². The van der Waals surface area contributed by atoms with Crippen LogP contribution in [0.1, 0.15) is 10.5 Å². The first-order chi connectivity index (χ1) is 9.68. The van der Waals surface area contributed by atoms with Crippen molar-refractivity contribution in [2.45, 2.75) is 0 Å². The van der Waals surface area contributed by atoms with Gasteiger partial charge in [0.05, 0.1) is 11.9 Å². The van der Waals surface area contributed by atoms with Crippen LogP contribution in [0.2, 0.25) is 0 Å². The van der Waals surface area contributed by atoms with Crippen LogP contribution >= 0.6 is 0 Å². The number of amides is 1. The Bertz CT molecular complexity index is 819. The molecule has 2 rings (SSSR count). The number of carbonyl (C=O) groups is 1. The Morgan fingerprint density at radius 1 is 1.24 bits per heavy atom. The second-order valence-corrected chi connectivity index (χ2v) is 5.70. The number of halogens is 3. The summed E-state index contributed by atoms with van der Waals surface area (Å²) >= 11 is 0. The maximum atomic E-state index is 13.4. The zero-order valence-electron chi connectivity index (χ0n) is 10.3. The number of nitrogens with one attached hydrogen (secondary N) is 1. The van der Waals surface area contributed by atoms with Crippen molar-refractivity contribution < 1.29 is 26.4 Å². The van der Waals surface area contributed by atoms with Gasteiger partial charge in [-0.3, -0.25) is 4.79 Å². The smallest absolute Gasteiger partial charge is 0.281 e. The summed E-state index contributed by atoms with van der Waals surface area (Å²) < 4.78 is 61.7. The number of rotatable bonds is 3. The molecule has 21 heavy (non-hydrogen) atoms. The van der Waals surface area contributed by atoms with E-state index < -0.39 is 44.9 Å². The molecule has 0 saturated carbocycles. The highest BCUT2D eigenvalue weighted by Gasteiger charge is 2.23. The lowest BCUT2D eigenvalue weighted by Gasteiger charge is -2.04. The first-order valence-electron chi connectivity index (χ1n) is 5.28. The normalized spacial score (nSPS) is 11.4. The number of hydrogen-bond donors (Lipinski definition) is 1. The predicted octanol–water partition coefficient (Wildman–Crippen LogP) is 0.755. The van der Waals surface area contributed by atoms with Crippen molar-refractivity contribution in [1.82, 2.24) is 14.4 Å². The molecule has 2 aromatic rings. The minimum Gasteiger partial charge on any atom is -0.318 e. The summed E-state index contributed by atoms with van der Waals surface area (Å²) in [7, 11) is -3.97. The summed E-state index contributed by atoms with van der Waals surface area (Å²) in [6, 6.07) is 2.31. The molecule has 1 amide bonds. The Morgan fingerprint density at radius 3 is 2.43 bits per heavy atom. The summed E-state index contributed by atoms with van der Waals surface area (Å²) in [4.78, 5) is 11.7. The van der Waals surface area contributed by atoms with Crippen molar-refractivity contribution in [2.24, 2.45) is 0 Å². The maximum Gasteiger partial charge on any atom is 0.281 e. The minimum atomic E-state index is -3.97. The molecular weight excluding hydrogens is 313 g/mol. The van der Waals surface area contributed by atoms with Gasteiger partial charge in [-0.1, -0.05) is 4.20 Å². The van der Waals surface area contributed by atoms with E-state index in [4.69, 9.17) is 0 Å². The quantitative estimate of drug-likeness (QED) is 0.901. The highest BCUT2D eigenvalue weighted by Crippen LogP contribution is 2.16. The molecule has 1 heterocycles.